The van der Waals surface area contributed by atoms with Gasteiger partial charge in [-0.15, -0.1) is 0 Å². The van der Waals surface area contributed by atoms with E-state index in [9.17, 15) is 9.59 Å². The molecule has 1 aliphatic rings. The minimum Gasteiger partial charge on any atom is -0.335 e. The first-order chi connectivity index (χ1) is 11.7. The summed E-state index contributed by atoms with van der Waals surface area (Å²) < 4.78 is 0. The van der Waals surface area contributed by atoms with Crippen LogP contribution in [0.15, 0.2) is 36.7 Å². The van der Waals surface area contributed by atoms with Crippen molar-refractivity contribution in [3.8, 4) is 11.3 Å². The molecule has 24 heavy (non-hydrogen) atoms. The predicted molar refractivity (Wildman–Crippen MR) is 90.9 cm³/mol. The molecule has 3 rings (SSSR count). The van der Waals surface area contributed by atoms with Crippen LogP contribution in [0.5, 0.6) is 0 Å². The smallest absolute Gasteiger partial charge is 0.272 e. The Morgan fingerprint density at radius 3 is 2.67 bits per heavy atom. The zero-order valence-corrected chi connectivity index (χ0v) is 13.8. The Hall–Kier alpha value is -2.31. The van der Waals surface area contributed by atoms with Crippen LogP contribution in [0, 0.1) is 0 Å². The number of aromatic nitrogens is 2. The fourth-order valence-electron chi connectivity index (χ4n) is 2.68. The molecule has 0 saturated carbocycles. The van der Waals surface area contributed by atoms with Crippen molar-refractivity contribution in [3.63, 3.8) is 0 Å². The number of carbonyl (C=O) groups excluding carboxylic acids is 2. The van der Waals surface area contributed by atoms with Gasteiger partial charge in [0.25, 0.3) is 5.91 Å². The second-order valence-electron chi connectivity index (χ2n) is 5.56. The number of rotatable bonds is 4. The fraction of sp³-hybridized carbons (Fsp3) is 0.294. The first-order valence-corrected chi connectivity index (χ1v) is 8.08. The number of nitrogens with zero attached hydrogens (tertiary/aromatic N) is 4. The fourth-order valence-corrected chi connectivity index (χ4v) is 2.87. The molecule has 1 aromatic heterocycles. The molecule has 0 aliphatic carbocycles. The molecule has 2 heterocycles. The maximum Gasteiger partial charge on any atom is 0.272 e. The third-order valence-electron chi connectivity index (χ3n) is 4.00. The Morgan fingerprint density at radius 2 is 1.96 bits per heavy atom. The van der Waals surface area contributed by atoms with Crippen LogP contribution in [0.4, 0.5) is 0 Å². The molecule has 1 aliphatic heterocycles. The minimum atomic E-state index is -0.119. The van der Waals surface area contributed by atoms with E-state index in [0.29, 0.717) is 49.1 Å². The van der Waals surface area contributed by atoms with E-state index in [1.165, 1.54) is 6.33 Å². The third-order valence-corrected chi connectivity index (χ3v) is 4.23. The van der Waals surface area contributed by atoms with Crippen molar-refractivity contribution in [1.82, 2.24) is 19.8 Å². The van der Waals surface area contributed by atoms with Crippen LogP contribution in [0.1, 0.15) is 10.5 Å². The molecule has 0 unspecified atom stereocenters. The van der Waals surface area contributed by atoms with E-state index in [2.05, 4.69) is 9.97 Å². The second-order valence-corrected chi connectivity index (χ2v) is 5.99. The highest BCUT2D eigenvalue weighted by molar-refractivity contribution is 6.30. The van der Waals surface area contributed by atoms with Gasteiger partial charge in [-0.25, -0.2) is 9.97 Å². The summed E-state index contributed by atoms with van der Waals surface area (Å²) in [4.78, 5) is 35.3. The van der Waals surface area contributed by atoms with Gasteiger partial charge in [-0.05, 0) is 18.2 Å². The lowest BCUT2D eigenvalue weighted by Gasteiger charge is -2.33. The first-order valence-electron chi connectivity index (χ1n) is 7.70. The van der Waals surface area contributed by atoms with Gasteiger partial charge >= 0.3 is 0 Å². The van der Waals surface area contributed by atoms with Gasteiger partial charge in [-0.2, -0.15) is 0 Å². The summed E-state index contributed by atoms with van der Waals surface area (Å²) in [5.74, 6) is -0.119. The van der Waals surface area contributed by atoms with Crippen LogP contribution in [-0.4, -0.2) is 64.7 Å². The van der Waals surface area contributed by atoms with E-state index in [-0.39, 0.29) is 5.91 Å². The van der Waals surface area contributed by atoms with Gasteiger partial charge in [-0.3, -0.25) is 9.69 Å². The summed E-state index contributed by atoms with van der Waals surface area (Å²) in [6.45, 7) is 2.97. The van der Waals surface area contributed by atoms with Gasteiger partial charge in [-0.1, -0.05) is 23.7 Å². The van der Waals surface area contributed by atoms with E-state index in [0.717, 1.165) is 11.8 Å². The van der Waals surface area contributed by atoms with Crippen molar-refractivity contribution < 1.29 is 9.59 Å². The molecular formula is C17H17ClN4O2. The third kappa shape index (κ3) is 3.77. The number of carbonyl (C=O) groups is 2. The van der Waals surface area contributed by atoms with Crippen LogP contribution in [0.2, 0.25) is 5.02 Å². The maximum atomic E-state index is 12.6. The number of hydrogen-bond acceptors (Lipinski definition) is 5. The second kappa shape index (κ2) is 7.51. The lowest BCUT2D eigenvalue weighted by Crippen LogP contribution is -2.49. The molecule has 1 aromatic carbocycles. The van der Waals surface area contributed by atoms with E-state index < -0.39 is 0 Å². The number of hydrogen-bond donors (Lipinski definition) is 0. The van der Waals surface area contributed by atoms with E-state index >= 15 is 0 Å². The Labute approximate surface area is 145 Å². The van der Waals surface area contributed by atoms with E-state index in [1.807, 2.05) is 17.0 Å². The van der Waals surface area contributed by atoms with Crippen molar-refractivity contribution in [3.05, 3.63) is 47.4 Å². The largest absolute Gasteiger partial charge is 0.335 e. The lowest BCUT2D eigenvalue weighted by atomic mass is 10.1. The summed E-state index contributed by atoms with van der Waals surface area (Å²) in [5, 5.41) is 0.616. The first kappa shape index (κ1) is 16.5. The van der Waals surface area contributed by atoms with Gasteiger partial charge < -0.3 is 9.69 Å². The van der Waals surface area contributed by atoms with Crippen LogP contribution in [0.3, 0.4) is 0 Å². The Bertz CT molecular complexity index is 745. The summed E-state index contributed by atoms with van der Waals surface area (Å²) in [5.41, 5.74) is 1.87. The van der Waals surface area contributed by atoms with Crippen molar-refractivity contribution in [2.75, 3.05) is 32.7 Å². The average molecular weight is 345 g/mol. The van der Waals surface area contributed by atoms with Crippen molar-refractivity contribution in [2.45, 2.75) is 0 Å². The van der Waals surface area contributed by atoms with E-state index in [4.69, 9.17) is 11.6 Å². The zero-order valence-electron chi connectivity index (χ0n) is 13.1. The lowest BCUT2D eigenvalue weighted by molar-refractivity contribution is -0.109. The number of benzene rings is 1. The Morgan fingerprint density at radius 1 is 1.17 bits per heavy atom. The molecule has 0 N–H and O–H groups in total. The standard InChI is InChI=1S/C17H17ClN4O2/c18-14-3-1-2-13(10-14)15-11-16(20-12-19-15)17(24)22-6-4-21(5-7-22)8-9-23/h1-3,9-12H,4-8H2. The van der Waals surface area contributed by atoms with Crippen molar-refractivity contribution in [2.24, 2.45) is 0 Å². The molecule has 0 atom stereocenters. The molecule has 2 aromatic rings. The monoisotopic (exact) mass is 344 g/mol. The highest BCUT2D eigenvalue weighted by Crippen LogP contribution is 2.21. The molecule has 1 amide bonds. The molecule has 0 bridgehead atoms. The molecule has 6 nitrogen and oxygen atoms in total. The molecule has 0 radical (unpaired) electrons. The highest BCUT2D eigenvalue weighted by Gasteiger charge is 2.23. The number of piperazine rings is 1. The van der Waals surface area contributed by atoms with Crippen LogP contribution >= 0.6 is 11.6 Å². The molecule has 1 fully saturated rings. The van der Waals surface area contributed by atoms with Gasteiger partial charge in [0.1, 0.15) is 18.3 Å². The summed E-state index contributed by atoms with van der Waals surface area (Å²) in [6, 6.07) is 9.01. The Balaban J connectivity index is 1.74. The summed E-state index contributed by atoms with van der Waals surface area (Å²) in [6.07, 6.45) is 2.28. The minimum absolute atomic E-state index is 0.119. The predicted octanol–water partition coefficient (Wildman–Crippen LogP) is 1.75. The molecule has 1 saturated heterocycles. The molecule has 7 heteroatoms. The molecule has 124 valence electrons. The number of amides is 1. The van der Waals surface area contributed by atoms with Crippen LogP contribution in [0.25, 0.3) is 11.3 Å². The van der Waals surface area contributed by atoms with Gasteiger partial charge in [0.05, 0.1) is 12.2 Å². The zero-order chi connectivity index (χ0) is 16.9. The maximum absolute atomic E-state index is 12.6. The summed E-state index contributed by atoms with van der Waals surface area (Å²) in [7, 11) is 0. The van der Waals surface area contributed by atoms with Gasteiger partial charge in [0, 0.05) is 36.8 Å². The van der Waals surface area contributed by atoms with Crippen molar-refractivity contribution in [1.29, 1.82) is 0 Å². The number of aldehydes is 1. The highest BCUT2D eigenvalue weighted by atomic mass is 35.5. The van der Waals surface area contributed by atoms with Crippen molar-refractivity contribution >= 4 is 23.8 Å². The van der Waals surface area contributed by atoms with Gasteiger partial charge in [0.15, 0.2) is 0 Å². The topological polar surface area (TPSA) is 66.4 Å². The van der Waals surface area contributed by atoms with Gasteiger partial charge in [0.2, 0.25) is 0 Å². The molecule has 0 spiro atoms. The average Bonchev–Trinajstić information content (AvgIpc) is 2.62. The van der Waals surface area contributed by atoms with Crippen LogP contribution < -0.4 is 0 Å². The Kier molecular flexibility index (Phi) is 5.17. The quantitative estimate of drug-likeness (QED) is 0.791. The van der Waals surface area contributed by atoms with Crippen LogP contribution in [-0.2, 0) is 4.79 Å². The normalized spacial score (nSPS) is 15.3. The van der Waals surface area contributed by atoms with E-state index in [1.54, 1.807) is 23.1 Å². The number of halogens is 1. The molecular weight excluding hydrogens is 328 g/mol. The SMILES string of the molecule is O=CCN1CCN(C(=O)c2cc(-c3cccc(Cl)c3)ncn2)CC1. The summed E-state index contributed by atoms with van der Waals surface area (Å²) >= 11 is 6.01.